The molecule has 2 aromatic carbocycles. The van der Waals surface area contributed by atoms with Crippen molar-refractivity contribution in [1.82, 2.24) is 25.0 Å². The van der Waals surface area contributed by atoms with E-state index >= 15 is 0 Å². The first-order chi connectivity index (χ1) is 16.6. The fourth-order valence-electron chi connectivity index (χ4n) is 5.37. The molecule has 1 aliphatic heterocycles. The Morgan fingerprint density at radius 1 is 0.882 bits per heavy atom. The zero-order chi connectivity index (χ0) is 23.2. The number of pyridine rings is 1. The minimum Gasteiger partial charge on any atom is -0.351 e. The summed E-state index contributed by atoms with van der Waals surface area (Å²) in [7, 11) is 0. The molecular formula is C26H26N6O2. The number of nitrogens with two attached hydrogens (primary N) is 1. The number of urea groups is 1. The van der Waals surface area contributed by atoms with Crippen LogP contribution in [-0.4, -0.2) is 63.1 Å². The fraction of sp³-hybridized carbons (Fsp3) is 0.308. The molecule has 0 spiro atoms. The first kappa shape index (κ1) is 20.7. The number of amides is 3. The van der Waals surface area contributed by atoms with Gasteiger partial charge >= 0.3 is 6.03 Å². The van der Waals surface area contributed by atoms with Gasteiger partial charge in [-0.05, 0) is 61.1 Å². The van der Waals surface area contributed by atoms with Crippen LogP contribution in [0.5, 0.6) is 0 Å². The van der Waals surface area contributed by atoms with Gasteiger partial charge < -0.3 is 15.5 Å². The number of primary amides is 1. The van der Waals surface area contributed by atoms with Gasteiger partial charge in [0.2, 0.25) is 0 Å². The molecule has 8 heteroatoms. The maximum absolute atomic E-state index is 13.0. The Kier molecular flexibility index (Phi) is 4.94. The number of benzene rings is 2. The molecule has 8 nitrogen and oxygen atoms in total. The van der Waals surface area contributed by atoms with Gasteiger partial charge in [-0.3, -0.25) is 9.89 Å². The monoisotopic (exact) mass is 454 g/mol. The Morgan fingerprint density at radius 3 is 2.32 bits per heavy atom. The third-order valence-corrected chi connectivity index (χ3v) is 7.17. The van der Waals surface area contributed by atoms with E-state index in [4.69, 9.17) is 10.7 Å². The molecule has 0 bridgehead atoms. The number of rotatable bonds is 2. The highest BCUT2D eigenvalue weighted by Gasteiger charge is 2.25. The minimum absolute atomic E-state index is 0.0217. The molecule has 34 heavy (non-hydrogen) atoms. The van der Waals surface area contributed by atoms with Gasteiger partial charge in [-0.1, -0.05) is 12.1 Å². The van der Waals surface area contributed by atoms with Gasteiger partial charge in [0.05, 0.1) is 22.9 Å². The van der Waals surface area contributed by atoms with Crippen molar-refractivity contribution in [1.29, 1.82) is 0 Å². The Balaban J connectivity index is 1.34. The van der Waals surface area contributed by atoms with E-state index in [-0.39, 0.29) is 5.91 Å². The second kappa shape index (κ2) is 8.13. The molecule has 1 aliphatic carbocycles. The van der Waals surface area contributed by atoms with Crippen LogP contribution in [0.15, 0.2) is 42.6 Å². The van der Waals surface area contributed by atoms with E-state index in [0.717, 1.165) is 46.9 Å². The van der Waals surface area contributed by atoms with Gasteiger partial charge in [0.15, 0.2) is 0 Å². The summed E-state index contributed by atoms with van der Waals surface area (Å²) in [5.74, 6) is -0.0217. The maximum Gasteiger partial charge on any atom is 0.314 e. The lowest BCUT2D eigenvalue weighted by Crippen LogP contribution is -2.52. The minimum atomic E-state index is -0.434. The molecule has 1 fully saturated rings. The largest absolute Gasteiger partial charge is 0.351 e. The number of nitrogens with zero attached hydrogens (tertiary/aromatic N) is 4. The third kappa shape index (κ3) is 3.37. The van der Waals surface area contributed by atoms with E-state index in [0.29, 0.717) is 31.7 Å². The van der Waals surface area contributed by atoms with Crippen LogP contribution in [0.2, 0.25) is 0 Å². The number of fused-ring (bicyclic) bond motifs is 5. The maximum atomic E-state index is 13.0. The van der Waals surface area contributed by atoms with E-state index in [1.165, 1.54) is 22.9 Å². The normalized spacial score (nSPS) is 16.1. The van der Waals surface area contributed by atoms with Crippen LogP contribution in [0.1, 0.15) is 34.3 Å². The molecular weight excluding hydrogens is 428 g/mol. The van der Waals surface area contributed by atoms with Crippen molar-refractivity contribution in [2.75, 3.05) is 26.2 Å². The fourth-order valence-corrected chi connectivity index (χ4v) is 5.37. The molecule has 3 amide bonds. The molecule has 2 aromatic heterocycles. The summed E-state index contributed by atoms with van der Waals surface area (Å²) >= 11 is 0. The highest BCUT2D eigenvalue weighted by molar-refractivity contribution is 6.07. The molecule has 3 heterocycles. The van der Waals surface area contributed by atoms with Crippen LogP contribution in [0.4, 0.5) is 4.79 Å². The molecule has 6 rings (SSSR count). The summed E-state index contributed by atoms with van der Waals surface area (Å²) < 4.78 is 0. The first-order valence-corrected chi connectivity index (χ1v) is 11.8. The van der Waals surface area contributed by atoms with E-state index in [2.05, 4.69) is 16.3 Å². The van der Waals surface area contributed by atoms with E-state index < -0.39 is 6.03 Å². The first-order valence-electron chi connectivity index (χ1n) is 11.8. The SMILES string of the molecule is NC(=O)N1CCN(C(=O)c2ccc(-c3nc4ccc5[nH]ncc5c4c4c3CCCC4)cc2)CC1. The lowest BCUT2D eigenvalue weighted by molar-refractivity contribution is 0.0669. The molecule has 2 aliphatic rings. The number of H-pyrrole nitrogens is 1. The van der Waals surface area contributed by atoms with Crippen molar-refractivity contribution in [3.05, 3.63) is 59.3 Å². The number of hydrogen-bond acceptors (Lipinski definition) is 4. The van der Waals surface area contributed by atoms with Gasteiger partial charge in [-0.2, -0.15) is 5.10 Å². The number of aromatic nitrogens is 3. The van der Waals surface area contributed by atoms with Gasteiger partial charge in [-0.25, -0.2) is 9.78 Å². The topological polar surface area (TPSA) is 108 Å². The van der Waals surface area contributed by atoms with Gasteiger partial charge in [0, 0.05) is 48.1 Å². The number of hydrogen-bond donors (Lipinski definition) is 2. The van der Waals surface area contributed by atoms with Crippen LogP contribution in [0, 0.1) is 0 Å². The van der Waals surface area contributed by atoms with Crippen molar-refractivity contribution in [3.8, 4) is 11.3 Å². The van der Waals surface area contributed by atoms with Crippen molar-refractivity contribution < 1.29 is 9.59 Å². The number of piperazine rings is 1. The summed E-state index contributed by atoms with van der Waals surface area (Å²) in [5.41, 5.74) is 12.8. The smallest absolute Gasteiger partial charge is 0.314 e. The average Bonchev–Trinajstić information content (AvgIpc) is 3.37. The molecule has 4 aromatic rings. The van der Waals surface area contributed by atoms with Crippen molar-refractivity contribution in [2.24, 2.45) is 5.73 Å². The Morgan fingerprint density at radius 2 is 1.59 bits per heavy atom. The van der Waals surface area contributed by atoms with E-state index in [1.54, 1.807) is 9.80 Å². The Labute approximate surface area is 196 Å². The highest BCUT2D eigenvalue weighted by Crippen LogP contribution is 2.37. The number of nitrogens with one attached hydrogen (secondary N) is 1. The second-order valence-electron chi connectivity index (χ2n) is 9.11. The van der Waals surface area contributed by atoms with Crippen LogP contribution in [-0.2, 0) is 12.8 Å². The van der Waals surface area contributed by atoms with Crippen LogP contribution in [0.3, 0.4) is 0 Å². The molecule has 0 radical (unpaired) electrons. The summed E-state index contributed by atoms with van der Waals surface area (Å²) in [6.07, 6.45) is 6.28. The standard InChI is InChI=1S/C26H26N6O2/c27-26(34)32-13-11-31(12-14-32)25(33)17-7-5-16(6-8-17)24-19-4-2-1-3-18(19)23-20-15-28-30-21(20)9-10-22(23)29-24/h5-10,15H,1-4,11-14H2,(H2,27,34)(H,28,30). The lowest BCUT2D eigenvalue weighted by Gasteiger charge is -2.33. The third-order valence-electron chi connectivity index (χ3n) is 7.17. The van der Waals surface area contributed by atoms with Crippen molar-refractivity contribution >= 4 is 33.7 Å². The van der Waals surface area contributed by atoms with Gasteiger partial charge in [0.1, 0.15) is 0 Å². The summed E-state index contributed by atoms with van der Waals surface area (Å²) in [6.45, 7) is 1.92. The molecule has 1 saturated heterocycles. The summed E-state index contributed by atoms with van der Waals surface area (Å²) in [4.78, 5) is 32.8. The molecule has 3 N–H and O–H groups in total. The zero-order valence-electron chi connectivity index (χ0n) is 18.9. The van der Waals surface area contributed by atoms with Crippen LogP contribution >= 0.6 is 0 Å². The summed E-state index contributed by atoms with van der Waals surface area (Å²) in [6, 6.07) is 11.5. The zero-order valence-corrected chi connectivity index (χ0v) is 18.9. The Hall–Kier alpha value is -3.94. The number of carbonyl (C=O) groups excluding carboxylic acids is 2. The number of aromatic amines is 1. The molecule has 0 saturated carbocycles. The second-order valence-corrected chi connectivity index (χ2v) is 9.11. The van der Waals surface area contributed by atoms with Crippen molar-refractivity contribution in [2.45, 2.75) is 25.7 Å². The number of aryl methyl sites for hydroxylation is 1. The average molecular weight is 455 g/mol. The molecule has 0 unspecified atom stereocenters. The quantitative estimate of drug-likeness (QED) is 0.483. The molecule has 0 atom stereocenters. The van der Waals surface area contributed by atoms with Gasteiger partial charge in [0.25, 0.3) is 5.91 Å². The molecule has 172 valence electrons. The Bertz CT molecular complexity index is 1420. The van der Waals surface area contributed by atoms with Gasteiger partial charge in [-0.15, -0.1) is 0 Å². The lowest BCUT2D eigenvalue weighted by atomic mass is 9.85. The summed E-state index contributed by atoms with van der Waals surface area (Å²) in [5, 5.41) is 9.67. The predicted molar refractivity (Wildman–Crippen MR) is 131 cm³/mol. The van der Waals surface area contributed by atoms with E-state index in [9.17, 15) is 9.59 Å². The highest BCUT2D eigenvalue weighted by atomic mass is 16.2. The number of carbonyl (C=O) groups is 2. The predicted octanol–water partition coefficient (Wildman–Crippen LogP) is 3.49. The van der Waals surface area contributed by atoms with Crippen molar-refractivity contribution in [3.63, 3.8) is 0 Å². The van der Waals surface area contributed by atoms with Crippen LogP contribution in [0.25, 0.3) is 33.1 Å². The van der Waals surface area contributed by atoms with E-state index in [1.807, 2.05) is 36.5 Å². The van der Waals surface area contributed by atoms with Crippen LogP contribution < -0.4 is 5.73 Å².